The van der Waals surface area contributed by atoms with E-state index in [4.69, 9.17) is 4.74 Å². The summed E-state index contributed by atoms with van der Waals surface area (Å²) < 4.78 is 5.93. The first kappa shape index (κ1) is 12.1. The van der Waals surface area contributed by atoms with Crippen LogP contribution in [-0.2, 0) is 6.42 Å². The van der Waals surface area contributed by atoms with Gasteiger partial charge in [0, 0.05) is 11.8 Å². The maximum atomic E-state index is 5.93. The second kappa shape index (κ2) is 5.05. The number of para-hydroxylation sites is 2. The predicted octanol–water partition coefficient (Wildman–Crippen LogP) is 3.05. The van der Waals surface area contributed by atoms with Gasteiger partial charge in [0.25, 0.3) is 0 Å². The van der Waals surface area contributed by atoms with Crippen molar-refractivity contribution in [3.05, 3.63) is 60.4 Å². The number of fused-ring (bicyclic) bond motifs is 2. The molecule has 1 N–H and O–H groups in total. The van der Waals surface area contributed by atoms with Crippen molar-refractivity contribution in [2.24, 2.45) is 0 Å². The van der Waals surface area contributed by atoms with Crippen LogP contribution >= 0.6 is 0 Å². The molecule has 0 bridgehead atoms. The Hall–Kier alpha value is -2.62. The summed E-state index contributed by atoms with van der Waals surface area (Å²) in [5.41, 5.74) is 2.22. The van der Waals surface area contributed by atoms with E-state index < -0.39 is 0 Å². The molecule has 21 heavy (non-hydrogen) atoms. The third kappa shape index (κ3) is 2.29. The minimum absolute atomic E-state index is 0.149. The van der Waals surface area contributed by atoms with Crippen LogP contribution in [0.15, 0.2) is 54.9 Å². The molecule has 1 atom stereocenters. The van der Waals surface area contributed by atoms with Gasteiger partial charge in [-0.15, -0.1) is 0 Å². The summed E-state index contributed by atoms with van der Waals surface area (Å²) in [5.74, 6) is 1.86. The third-order valence-corrected chi connectivity index (χ3v) is 3.75. The zero-order chi connectivity index (χ0) is 14.1. The van der Waals surface area contributed by atoms with Crippen molar-refractivity contribution < 1.29 is 4.74 Å². The van der Waals surface area contributed by atoms with E-state index in [2.05, 4.69) is 27.4 Å². The van der Waals surface area contributed by atoms with Crippen LogP contribution in [0.4, 0.5) is 5.82 Å². The van der Waals surface area contributed by atoms with Gasteiger partial charge in [0.05, 0.1) is 12.1 Å². The molecular weight excluding hydrogens is 262 g/mol. The number of anilines is 1. The fraction of sp³-hybridized carbons (Fsp3) is 0.176. The molecule has 1 unspecified atom stereocenters. The fourth-order valence-corrected chi connectivity index (χ4v) is 2.72. The van der Waals surface area contributed by atoms with Gasteiger partial charge in [-0.25, -0.2) is 9.97 Å². The van der Waals surface area contributed by atoms with Crippen molar-refractivity contribution in [2.75, 3.05) is 11.9 Å². The highest BCUT2D eigenvalue weighted by molar-refractivity contribution is 5.88. The topological polar surface area (TPSA) is 47.0 Å². The normalized spacial score (nSPS) is 16.5. The molecule has 4 nitrogen and oxygen atoms in total. The van der Waals surface area contributed by atoms with Crippen LogP contribution in [0.3, 0.4) is 0 Å². The number of nitrogens with one attached hydrogen (secondary N) is 1. The van der Waals surface area contributed by atoms with Crippen LogP contribution in [0.25, 0.3) is 10.9 Å². The summed E-state index contributed by atoms with van der Waals surface area (Å²) in [5, 5.41) is 4.43. The summed E-state index contributed by atoms with van der Waals surface area (Å²) in [4.78, 5) is 8.61. The lowest BCUT2D eigenvalue weighted by molar-refractivity contribution is 0.246. The Morgan fingerprint density at radius 2 is 1.90 bits per heavy atom. The van der Waals surface area contributed by atoms with E-state index in [1.807, 2.05) is 36.4 Å². The van der Waals surface area contributed by atoms with Gasteiger partial charge in [-0.05, 0) is 23.8 Å². The van der Waals surface area contributed by atoms with Crippen molar-refractivity contribution in [1.82, 2.24) is 9.97 Å². The average Bonchev–Trinajstić information content (AvgIpc) is 2.96. The molecule has 3 aromatic rings. The minimum Gasteiger partial charge on any atom is -0.488 e. The zero-order valence-electron chi connectivity index (χ0n) is 11.5. The zero-order valence-corrected chi connectivity index (χ0v) is 11.5. The van der Waals surface area contributed by atoms with Crippen LogP contribution in [0.2, 0.25) is 0 Å². The Bertz CT molecular complexity index is 757. The lowest BCUT2D eigenvalue weighted by atomic mass is 10.1. The average molecular weight is 277 g/mol. The Balaban J connectivity index is 1.50. The minimum atomic E-state index is 0.149. The number of ether oxygens (including phenoxy) is 1. The number of hydrogen-bond acceptors (Lipinski definition) is 4. The Morgan fingerprint density at radius 1 is 1.05 bits per heavy atom. The van der Waals surface area contributed by atoms with Gasteiger partial charge in [0.2, 0.25) is 0 Å². The first-order valence-corrected chi connectivity index (χ1v) is 7.08. The monoisotopic (exact) mass is 277 g/mol. The van der Waals surface area contributed by atoms with E-state index in [1.165, 1.54) is 5.56 Å². The fourth-order valence-electron chi connectivity index (χ4n) is 2.72. The molecule has 0 amide bonds. The lowest BCUT2D eigenvalue weighted by Crippen LogP contribution is -2.24. The maximum absolute atomic E-state index is 5.93. The number of nitrogens with zero attached hydrogens (tertiary/aromatic N) is 2. The Kier molecular flexibility index (Phi) is 2.92. The quantitative estimate of drug-likeness (QED) is 0.799. The third-order valence-electron chi connectivity index (χ3n) is 3.75. The van der Waals surface area contributed by atoms with E-state index in [9.17, 15) is 0 Å². The Labute approximate surface area is 122 Å². The van der Waals surface area contributed by atoms with Crippen molar-refractivity contribution >= 4 is 16.7 Å². The summed E-state index contributed by atoms with van der Waals surface area (Å²) >= 11 is 0. The maximum Gasteiger partial charge on any atom is 0.137 e. The van der Waals surface area contributed by atoms with Crippen LogP contribution in [0.5, 0.6) is 5.75 Å². The molecule has 0 aliphatic carbocycles. The highest BCUT2D eigenvalue weighted by atomic mass is 16.5. The summed E-state index contributed by atoms with van der Waals surface area (Å²) in [7, 11) is 0. The van der Waals surface area contributed by atoms with Crippen LogP contribution < -0.4 is 10.1 Å². The van der Waals surface area contributed by atoms with Crippen molar-refractivity contribution in [2.45, 2.75) is 12.5 Å². The van der Waals surface area contributed by atoms with E-state index in [1.54, 1.807) is 6.33 Å². The molecule has 2 heterocycles. The molecule has 0 saturated carbocycles. The van der Waals surface area contributed by atoms with Crippen LogP contribution in [0, 0.1) is 0 Å². The van der Waals surface area contributed by atoms with Gasteiger partial charge in [0.1, 0.15) is 24.0 Å². The molecule has 4 rings (SSSR count). The molecule has 1 aromatic heterocycles. The van der Waals surface area contributed by atoms with E-state index in [0.29, 0.717) is 0 Å². The molecule has 1 aliphatic heterocycles. The van der Waals surface area contributed by atoms with Gasteiger partial charge < -0.3 is 10.1 Å². The number of aromatic nitrogens is 2. The van der Waals surface area contributed by atoms with Crippen LogP contribution in [0.1, 0.15) is 5.56 Å². The lowest BCUT2D eigenvalue weighted by Gasteiger charge is -2.13. The molecule has 0 spiro atoms. The van der Waals surface area contributed by atoms with Gasteiger partial charge in [0.15, 0.2) is 0 Å². The second-order valence-electron chi connectivity index (χ2n) is 5.17. The van der Waals surface area contributed by atoms with E-state index in [0.717, 1.165) is 35.4 Å². The molecule has 104 valence electrons. The number of benzene rings is 2. The first-order chi connectivity index (χ1) is 10.4. The summed E-state index contributed by atoms with van der Waals surface area (Å²) in [6.45, 7) is 0.732. The highest BCUT2D eigenvalue weighted by Crippen LogP contribution is 2.28. The van der Waals surface area contributed by atoms with Gasteiger partial charge in [-0.2, -0.15) is 0 Å². The van der Waals surface area contributed by atoms with Gasteiger partial charge in [-0.3, -0.25) is 0 Å². The number of hydrogen-bond donors (Lipinski definition) is 1. The summed E-state index contributed by atoms with van der Waals surface area (Å²) in [6, 6.07) is 16.2. The standard InChI is InChI=1S/C17H15N3O/c1-4-8-16-12(5-1)9-13(21-16)10-18-17-14-6-2-3-7-15(14)19-11-20-17/h1-8,11,13H,9-10H2,(H,18,19,20). The second-order valence-corrected chi connectivity index (χ2v) is 5.17. The predicted molar refractivity (Wildman–Crippen MR) is 82.6 cm³/mol. The molecular formula is C17H15N3O. The molecule has 0 radical (unpaired) electrons. The van der Waals surface area contributed by atoms with Gasteiger partial charge >= 0.3 is 0 Å². The van der Waals surface area contributed by atoms with E-state index >= 15 is 0 Å². The SMILES string of the molecule is c1ccc2c(c1)CC(CNc1ncnc3ccccc13)O2. The highest BCUT2D eigenvalue weighted by Gasteiger charge is 2.22. The first-order valence-electron chi connectivity index (χ1n) is 7.08. The molecule has 0 saturated heterocycles. The van der Waals surface area contributed by atoms with E-state index in [-0.39, 0.29) is 6.10 Å². The van der Waals surface area contributed by atoms with Crippen LogP contribution in [-0.4, -0.2) is 22.6 Å². The largest absolute Gasteiger partial charge is 0.488 e. The van der Waals surface area contributed by atoms with Crippen molar-refractivity contribution in [1.29, 1.82) is 0 Å². The molecule has 4 heteroatoms. The molecule has 2 aromatic carbocycles. The Morgan fingerprint density at radius 3 is 2.86 bits per heavy atom. The smallest absolute Gasteiger partial charge is 0.137 e. The van der Waals surface area contributed by atoms with Crippen molar-refractivity contribution in [3.8, 4) is 5.75 Å². The van der Waals surface area contributed by atoms with Gasteiger partial charge in [-0.1, -0.05) is 30.3 Å². The summed E-state index contributed by atoms with van der Waals surface area (Å²) in [6.07, 6.45) is 2.68. The number of rotatable bonds is 3. The molecule has 0 fully saturated rings. The van der Waals surface area contributed by atoms with Crippen molar-refractivity contribution in [3.63, 3.8) is 0 Å². The molecule has 1 aliphatic rings.